The van der Waals surface area contributed by atoms with Gasteiger partial charge in [0.2, 0.25) is 0 Å². The van der Waals surface area contributed by atoms with Crippen molar-refractivity contribution in [3.8, 4) is 0 Å². The smallest absolute Gasteiger partial charge is 0.0677 e. The molecule has 1 atom stereocenters. The summed E-state index contributed by atoms with van der Waals surface area (Å²) in [6.45, 7) is 11.3. The molecule has 0 amide bonds. The number of aliphatic hydroxyl groups is 1. The molecule has 0 aliphatic carbocycles. The molecule has 94 valence electrons. The summed E-state index contributed by atoms with van der Waals surface area (Å²) in [5, 5.41) is 10.3. The van der Waals surface area contributed by atoms with Crippen molar-refractivity contribution in [3.05, 3.63) is 29.3 Å². The Labute approximate surface area is 104 Å². The lowest BCUT2D eigenvalue weighted by Crippen LogP contribution is -2.36. The van der Waals surface area contributed by atoms with E-state index < -0.39 is 5.60 Å². The molecule has 0 bridgehead atoms. The largest absolute Gasteiger partial charge is 0.390 e. The first-order chi connectivity index (χ1) is 7.80. The van der Waals surface area contributed by atoms with Crippen molar-refractivity contribution in [2.75, 3.05) is 11.4 Å². The standard InChI is InChI=1S/C15H23NO/c1-10(2)16-9-13(15(4,5)17)12-8-11(3)6-7-14(12)16/h6-8,10,13,17H,9H2,1-5H3. The monoisotopic (exact) mass is 233 g/mol. The maximum atomic E-state index is 10.3. The number of benzene rings is 1. The molecule has 1 heterocycles. The molecule has 2 heteroatoms. The Hall–Kier alpha value is -1.02. The van der Waals surface area contributed by atoms with E-state index in [2.05, 4.69) is 43.9 Å². The van der Waals surface area contributed by atoms with E-state index >= 15 is 0 Å². The highest BCUT2D eigenvalue weighted by atomic mass is 16.3. The van der Waals surface area contributed by atoms with Gasteiger partial charge in [0.25, 0.3) is 0 Å². The Balaban J connectivity index is 2.49. The van der Waals surface area contributed by atoms with Gasteiger partial charge in [-0.2, -0.15) is 0 Å². The van der Waals surface area contributed by atoms with Crippen LogP contribution in [0.3, 0.4) is 0 Å². The topological polar surface area (TPSA) is 23.5 Å². The third-order valence-electron chi connectivity index (χ3n) is 3.72. The second kappa shape index (κ2) is 4.02. The second-order valence-electron chi connectivity index (χ2n) is 6.01. The van der Waals surface area contributed by atoms with Crippen LogP contribution in [0.4, 0.5) is 5.69 Å². The van der Waals surface area contributed by atoms with Crippen molar-refractivity contribution in [2.45, 2.75) is 52.2 Å². The van der Waals surface area contributed by atoms with E-state index in [0.29, 0.717) is 6.04 Å². The highest BCUT2D eigenvalue weighted by molar-refractivity contribution is 5.62. The van der Waals surface area contributed by atoms with E-state index in [4.69, 9.17) is 0 Å². The van der Waals surface area contributed by atoms with Gasteiger partial charge in [-0.1, -0.05) is 17.7 Å². The second-order valence-corrected chi connectivity index (χ2v) is 6.01. The zero-order chi connectivity index (χ0) is 12.8. The molecule has 1 aromatic carbocycles. The Morgan fingerprint density at radius 2 is 2.00 bits per heavy atom. The fraction of sp³-hybridized carbons (Fsp3) is 0.600. The Morgan fingerprint density at radius 1 is 1.35 bits per heavy atom. The fourth-order valence-electron chi connectivity index (χ4n) is 2.70. The van der Waals surface area contributed by atoms with Crippen LogP contribution in [0.15, 0.2) is 18.2 Å². The molecule has 0 saturated carbocycles. The van der Waals surface area contributed by atoms with Crippen molar-refractivity contribution in [2.24, 2.45) is 0 Å². The molecule has 0 radical (unpaired) electrons. The van der Waals surface area contributed by atoms with Crippen LogP contribution < -0.4 is 4.90 Å². The molecule has 2 rings (SSSR count). The fourth-order valence-corrected chi connectivity index (χ4v) is 2.70. The summed E-state index contributed by atoms with van der Waals surface area (Å²) in [5.74, 6) is 0.208. The summed E-state index contributed by atoms with van der Waals surface area (Å²) in [6, 6.07) is 7.04. The van der Waals surface area contributed by atoms with E-state index in [1.165, 1.54) is 16.8 Å². The van der Waals surface area contributed by atoms with Gasteiger partial charge in [0.15, 0.2) is 0 Å². The van der Waals surface area contributed by atoms with Crippen molar-refractivity contribution in [3.63, 3.8) is 0 Å². The van der Waals surface area contributed by atoms with Crippen LogP contribution in [0.25, 0.3) is 0 Å². The van der Waals surface area contributed by atoms with Crippen molar-refractivity contribution in [1.82, 2.24) is 0 Å². The summed E-state index contributed by atoms with van der Waals surface area (Å²) >= 11 is 0. The number of rotatable bonds is 2. The van der Waals surface area contributed by atoms with Crippen molar-refractivity contribution in [1.29, 1.82) is 0 Å². The lowest BCUT2D eigenvalue weighted by atomic mass is 9.86. The van der Waals surface area contributed by atoms with Gasteiger partial charge in [0.05, 0.1) is 5.60 Å². The molecule has 0 spiro atoms. The third-order valence-corrected chi connectivity index (χ3v) is 3.72. The van der Waals surface area contributed by atoms with Crippen LogP contribution in [-0.2, 0) is 0 Å². The first-order valence-electron chi connectivity index (χ1n) is 6.40. The number of aryl methyl sites for hydroxylation is 1. The van der Waals surface area contributed by atoms with Crippen LogP contribution in [0.2, 0.25) is 0 Å². The number of hydrogen-bond donors (Lipinski definition) is 1. The zero-order valence-electron chi connectivity index (χ0n) is 11.5. The predicted octanol–water partition coefficient (Wildman–Crippen LogP) is 3.08. The minimum Gasteiger partial charge on any atom is -0.390 e. The van der Waals surface area contributed by atoms with Gasteiger partial charge in [0.1, 0.15) is 0 Å². The molecule has 1 N–H and O–H groups in total. The van der Waals surface area contributed by atoms with Crippen LogP contribution in [0, 0.1) is 6.92 Å². The number of fused-ring (bicyclic) bond motifs is 1. The highest BCUT2D eigenvalue weighted by Crippen LogP contribution is 2.43. The maximum Gasteiger partial charge on any atom is 0.0677 e. The molecular weight excluding hydrogens is 210 g/mol. The Kier molecular flexibility index (Phi) is 2.94. The van der Waals surface area contributed by atoms with Gasteiger partial charge < -0.3 is 10.0 Å². The summed E-state index contributed by atoms with van der Waals surface area (Å²) < 4.78 is 0. The van der Waals surface area contributed by atoms with Crippen LogP contribution in [-0.4, -0.2) is 23.3 Å². The molecule has 1 unspecified atom stereocenters. The lowest BCUT2D eigenvalue weighted by molar-refractivity contribution is 0.0546. The van der Waals surface area contributed by atoms with Crippen LogP contribution in [0.1, 0.15) is 44.7 Å². The average Bonchev–Trinajstić information content (AvgIpc) is 2.55. The molecule has 0 fully saturated rings. The number of hydrogen-bond acceptors (Lipinski definition) is 2. The SMILES string of the molecule is Cc1ccc2c(c1)C(C(C)(C)O)CN2C(C)C. The minimum atomic E-state index is -0.661. The normalized spacial score (nSPS) is 19.9. The summed E-state index contributed by atoms with van der Waals surface area (Å²) in [5.41, 5.74) is 3.19. The van der Waals surface area contributed by atoms with Crippen LogP contribution in [0.5, 0.6) is 0 Å². The quantitative estimate of drug-likeness (QED) is 0.848. The summed E-state index contributed by atoms with van der Waals surface area (Å²) in [4.78, 5) is 2.39. The summed E-state index contributed by atoms with van der Waals surface area (Å²) in [6.07, 6.45) is 0. The molecule has 0 aromatic heterocycles. The maximum absolute atomic E-state index is 10.3. The number of anilines is 1. The molecule has 0 saturated heterocycles. The van der Waals surface area contributed by atoms with E-state index in [1.54, 1.807) is 0 Å². The van der Waals surface area contributed by atoms with Gasteiger partial charge in [-0.3, -0.25) is 0 Å². The van der Waals surface area contributed by atoms with Gasteiger partial charge in [0, 0.05) is 24.2 Å². The van der Waals surface area contributed by atoms with Gasteiger partial charge in [-0.05, 0) is 46.2 Å². The van der Waals surface area contributed by atoms with Gasteiger partial charge in [-0.25, -0.2) is 0 Å². The zero-order valence-corrected chi connectivity index (χ0v) is 11.5. The number of nitrogens with zero attached hydrogens (tertiary/aromatic N) is 1. The first kappa shape index (κ1) is 12.4. The summed E-state index contributed by atoms with van der Waals surface area (Å²) in [7, 11) is 0. The highest BCUT2D eigenvalue weighted by Gasteiger charge is 2.38. The molecule has 1 aromatic rings. The van der Waals surface area contributed by atoms with Crippen molar-refractivity contribution >= 4 is 5.69 Å². The lowest BCUT2D eigenvalue weighted by Gasteiger charge is -2.28. The van der Waals surface area contributed by atoms with E-state index in [0.717, 1.165) is 6.54 Å². The van der Waals surface area contributed by atoms with Gasteiger partial charge in [-0.15, -0.1) is 0 Å². The average molecular weight is 233 g/mol. The predicted molar refractivity (Wildman–Crippen MR) is 72.7 cm³/mol. The Morgan fingerprint density at radius 3 is 2.53 bits per heavy atom. The minimum absolute atomic E-state index is 0.208. The third kappa shape index (κ3) is 2.19. The van der Waals surface area contributed by atoms with E-state index in [1.807, 2.05) is 13.8 Å². The van der Waals surface area contributed by atoms with Crippen molar-refractivity contribution < 1.29 is 5.11 Å². The molecule has 17 heavy (non-hydrogen) atoms. The molecule has 1 aliphatic heterocycles. The van der Waals surface area contributed by atoms with E-state index in [9.17, 15) is 5.11 Å². The van der Waals surface area contributed by atoms with Crippen LogP contribution >= 0.6 is 0 Å². The first-order valence-corrected chi connectivity index (χ1v) is 6.40. The van der Waals surface area contributed by atoms with Gasteiger partial charge >= 0.3 is 0 Å². The van der Waals surface area contributed by atoms with E-state index in [-0.39, 0.29) is 5.92 Å². The molecule has 2 nitrogen and oxygen atoms in total. The molecule has 1 aliphatic rings. The Bertz CT molecular complexity index is 417. The molecular formula is C15H23NO.